The van der Waals surface area contributed by atoms with Crippen molar-refractivity contribution in [2.45, 2.75) is 20.0 Å². The standard InChI is InChI=1S/C7H10O2/c1-2-6-3-7(4-8)9-5-6/h3,5,8H,2,4H2,1H3. The average Bonchev–Trinajstić information content (AvgIpc) is 2.34. The van der Waals surface area contributed by atoms with Crippen LogP contribution in [-0.4, -0.2) is 5.11 Å². The van der Waals surface area contributed by atoms with E-state index in [0.29, 0.717) is 5.76 Å². The van der Waals surface area contributed by atoms with Gasteiger partial charge in [-0.05, 0) is 18.1 Å². The maximum absolute atomic E-state index is 8.55. The Hall–Kier alpha value is -0.760. The molecule has 0 unspecified atom stereocenters. The van der Waals surface area contributed by atoms with Gasteiger partial charge in [-0.25, -0.2) is 0 Å². The molecule has 0 spiro atoms. The number of hydrogen-bond donors (Lipinski definition) is 1. The predicted molar refractivity (Wildman–Crippen MR) is 34.0 cm³/mol. The van der Waals surface area contributed by atoms with Gasteiger partial charge in [0.05, 0.1) is 6.26 Å². The lowest BCUT2D eigenvalue weighted by molar-refractivity contribution is 0.247. The summed E-state index contributed by atoms with van der Waals surface area (Å²) in [5.74, 6) is 0.645. The first kappa shape index (κ1) is 6.36. The third-order valence-corrected chi connectivity index (χ3v) is 1.27. The molecule has 2 heteroatoms. The summed E-state index contributed by atoms with van der Waals surface area (Å²) < 4.78 is 4.95. The van der Waals surface area contributed by atoms with Gasteiger partial charge in [-0.15, -0.1) is 0 Å². The lowest BCUT2D eigenvalue weighted by atomic mass is 10.2. The molecule has 0 amide bonds. The van der Waals surface area contributed by atoms with Crippen LogP contribution in [0.25, 0.3) is 0 Å². The topological polar surface area (TPSA) is 33.4 Å². The SMILES string of the molecule is CCc1coc(CO)c1. The minimum absolute atomic E-state index is 0. The molecule has 1 rings (SSSR count). The smallest absolute Gasteiger partial charge is 0.129 e. The highest BCUT2D eigenvalue weighted by atomic mass is 16.4. The molecule has 0 fully saturated rings. The maximum Gasteiger partial charge on any atom is 0.129 e. The lowest BCUT2D eigenvalue weighted by Crippen LogP contribution is -1.75. The number of aliphatic hydroxyl groups excluding tert-OH is 1. The van der Waals surface area contributed by atoms with Crippen molar-refractivity contribution >= 4 is 0 Å². The Morgan fingerprint density at radius 1 is 1.67 bits per heavy atom. The lowest BCUT2D eigenvalue weighted by Gasteiger charge is -1.81. The van der Waals surface area contributed by atoms with Gasteiger partial charge in [0.2, 0.25) is 0 Å². The van der Waals surface area contributed by atoms with Crippen LogP contribution in [0, 0.1) is 0 Å². The van der Waals surface area contributed by atoms with E-state index in [0.717, 1.165) is 12.0 Å². The molecule has 0 aliphatic heterocycles. The normalized spacial score (nSPS) is 10.0. The fourth-order valence-corrected chi connectivity index (χ4v) is 0.695. The highest BCUT2D eigenvalue weighted by molar-refractivity contribution is 5.11. The van der Waals surface area contributed by atoms with Crippen molar-refractivity contribution in [1.29, 1.82) is 0 Å². The number of furan rings is 1. The van der Waals surface area contributed by atoms with Crippen molar-refractivity contribution < 1.29 is 9.52 Å². The number of rotatable bonds is 2. The van der Waals surface area contributed by atoms with Crippen molar-refractivity contribution in [3.63, 3.8) is 0 Å². The summed E-state index contributed by atoms with van der Waals surface area (Å²) in [6.45, 7) is 2.05. The molecule has 0 radical (unpaired) electrons. The van der Waals surface area contributed by atoms with E-state index in [-0.39, 0.29) is 6.61 Å². The Morgan fingerprint density at radius 3 is 2.78 bits per heavy atom. The molecular formula is C7H10O2. The monoisotopic (exact) mass is 126 g/mol. The minimum atomic E-state index is 0. The van der Waals surface area contributed by atoms with Crippen LogP contribution in [0.3, 0.4) is 0 Å². The second-order valence-electron chi connectivity index (χ2n) is 1.93. The molecule has 1 heterocycles. The number of hydrogen-bond acceptors (Lipinski definition) is 2. The maximum atomic E-state index is 8.55. The van der Waals surface area contributed by atoms with Crippen LogP contribution in [0.2, 0.25) is 0 Å². The van der Waals surface area contributed by atoms with E-state index >= 15 is 0 Å². The van der Waals surface area contributed by atoms with E-state index in [9.17, 15) is 0 Å². The molecule has 0 bridgehead atoms. The zero-order chi connectivity index (χ0) is 6.69. The van der Waals surface area contributed by atoms with Crippen LogP contribution >= 0.6 is 0 Å². The number of aryl methyl sites for hydroxylation is 1. The van der Waals surface area contributed by atoms with Gasteiger partial charge in [-0.1, -0.05) is 6.92 Å². The van der Waals surface area contributed by atoms with Crippen molar-refractivity contribution in [3.05, 3.63) is 23.7 Å². The molecule has 9 heavy (non-hydrogen) atoms. The summed E-state index contributed by atoms with van der Waals surface area (Å²) in [4.78, 5) is 0. The van der Waals surface area contributed by atoms with Crippen molar-refractivity contribution in [1.82, 2.24) is 0 Å². The first-order valence-corrected chi connectivity index (χ1v) is 3.04. The van der Waals surface area contributed by atoms with Gasteiger partial charge in [-0.2, -0.15) is 0 Å². The highest BCUT2D eigenvalue weighted by Gasteiger charge is 1.95. The Labute approximate surface area is 54.1 Å². The van der Waals surface area contributed by atoms with Gasteiger partial charge < -0.3 is 9.52 Å². The van der Waals surface area contributed by atoms with Gasteiger partial charge >= 0.3 is 0 Å². The van der Waals surface area contributed by atoms with Crippen LogP contribution < -0.4 is 0 Å². The molecule has 0 atom stereocenters. The Kier molecular flexibility index (Phi) is 1.90. The third-order valence-electron chi connectivity index (χ3n) is 1.27. The van der Waals surface area contributed by atoms with Crippen molar-refractivity contribution in [3.8, 4) is 0 Å². The van der Waals surface area contributed by atoms with E-state index in [1.165, 1.54) is 0 Å². The van der Waals surface area contributed by atoms with E-state index < -0.39 is 0 Å². The van der Waals surface area contributed by atoms with Gasteiger partial charge in [0.25, 0.3) is 0 Å². The second kappa shape index (κ2) is 2.69. The molecule has 0 saturated heterocycles. The zero-order valence-electron chi connectivity index (χ0n) is 5.42. The second-order valence-corrected chi connectivity index (χ2v) is 1.93. The van der Waals surface area contributed by atoms with Crippen LogP contribution in [0.1, 0.15) is 18.2 Å². The minimum Gasteiger partial charge on any atom is -0.467 e. The van der Waals surface area contributed by atoms with Gasteiger partial charge in [0, 0.05) is 0 Å². The molecule has 0 aliphatic rings. The largest absolute Gasteiger partial charge is 0.467 e. The molecular weight excluding hydrogens is 116 g/mol. The summed E-state index contributed by atoms with van der Waals surface area (Å²) in [5, 5.41) is 8.55. The van der Waals surface area contributed by atoms with Gasteiger partial charge in [0.15, 0.2) is 0 Å². The fraction of sp³-hybridized carbons (Fsp3) is 0.429. The van der Waals surface area contributed by atoms with Crippen molar-refractivity contribution in [2.75, 3.05) is 0 Å². The summed E-state index contributed by atoms with van der Waals surface area (Å²) in [5.41, 5.74) is 1.14. The zero-order valence-corrected chi connectivity index (χ0v) is 5.42. The van der Waals surface area contributed by atoms with Crippen LogP contribution in [0.4, 0.5) is 0 Å². The first-order chi connectivity index (χ1) is 4.36. The van der Waals surface area contributed by atoms with Crippen molar-refractivity contribution in [2.24, 2.45) is 0 Å². The Balaban J connectivity index is 2.74. The molecule has 1 aromatic rings. The summed E-state index contributed by atoms with van der Waals surface area (Å²) in [6.07, 6.45) is 2.63. The molecule has 0 aromatic carbocycles. The average molecular weight is 126 g/mol. The van der Waals surface area contributed by atoms with E-state index in [4.69, 9.17) is 9.52 Å². The third kappa shape index (κ3) is 1.33. The summed E-state index contributed by atoms with van der Waals surface area (Å²) in [6, 6.07) is 1.86. The predicted octanol–water partition coefficient (Wildman–Crippen LogP) is 1.33. The Morgan fingerprint density at radius 2 is 2.44 bits per heavy atom. The van der Waals surface area contributed by atoms with Crippen LogP contribution in [0.5, 0.6) is 0 Å². The molecule has 50 valence electrons. The molecule has 0 aliphatic carbocycles. The summed E-state index contributed by atoms with van der Waals surface area (Å²) in [7, 11) is 0. The van der Waals surface area contributed by atoms with E-state index in [1.807, 2.05) is 13.0 Å². The quantitative estimate of drug-likeness (QED) is 0.648. The van der Waals surface area contributed by atoms with E-state index in [2.05, 4.69) is 0 Å². The van der Waals surface area contributed by atoms with Crippen LogP contribution in [0.15, 0.2) is 16.7 Å². The number of aliphatic hydroxyl groups is 1. The molecule has 1 N–H and O–H groups in total. The van der Waals surface area contributed by atoms with Crippen LogP contribution in [-0.2, 0) is 13.0 Å². The molecule has 0 saturated carbocycles. The highest BCUT2D eigenvalue weighted by Crippen LogP contribution is 2.07. The first-order valence-electron chi connectivity index (χ1n) is 3.04. The van der Waals surface area contributed by atoms with Gasteiger partial charge in [-0.3, -0.25) is 0 Å². The summed E-state index contributed by atoms with van der Waals surface area (Å²) >= 11 is 0. The Bertz CT molecular complexity index is 160. The van der Waals surface area contributed by atoms with Gasteiger partial charge in [0.1, 0.15) is 12.4 Å². The molecule has 1 aromatic heterocycles. The molecule has 2 nitrogen and oxygen atoms in total. The fourth-order valence-electron chi connectivity index (χ4n) is 0.695. The van der Waals surface area contributed by atoms with E-state index in [1.54, 1.807) is 6.26 Å².